The van der Waals surface area contributed by atoms with Crippen LogP contribution in [0.5, 0.6) is 0 Å². The molecule has 1 saturated carbocycles. The monoisotopic (exact) mass is 520 g/mol. The molecule has 2 fully saturated rings. The number of hydrogen-bond donors (Lipinski definition) is 3. The molecule has 1 heterocycles. The zero-order valence-electron chi connectivity index (χ0n) is 22.7. The van der Waals surface area contributed by atoms with Gasteiger partial charge in [-0.2, -0.15) is 0 Å². The number of likely N-dealkylation sites (N-methyl/N-ethyl adjacent to an activating group) is 1. The van der Waals surface area contributed by atoms with Crippen LogP contribution < -0.4 is 16.0 Å². The lowest BCUT2D eigenvalue weighted by Gasteiger charge is -2.39. The Kier molecular flexibility index (Phi) is 11.4. The third-order valence-electron chi connectivity index (χ3n) is 7.78. The molecule has 1 aliphatic heterocycles. The highest BCUT2D eigenvalue weighted by Crippen LogP contribution is 2.39. The zero-order valence-corrected chi connectivity index (χ0v) is 22.7. The number of alkyl carbamates (subject to hydrolysis) is 1. The Hall–Kier alpha value is -2.39. The van der Waals surface area contributed by atoms with Crippen LogP contribution in [0.4, 0.5) is 14.0 Å². The molecule has 1 aliphatic carbocycles. The number of ether oxygens (including phenoxy) is 2. The summed E-state index contributed by atoms with van der Waals surface area (Å²) in [5.41, 5.74) is 1.01. The van der Waals surface area contributed by atoms with Gasteiger partial charge in [0.15, 0.2) is 0 Å². The topological polar surface area (TPSA) is 91.9 Å². The van der Waals surface area contributed by atoms with Gasteiger partial charge < -0.3 is 30.3 Å². The Morgan fingerprint density at radius 2 is 2.00 bits per heavy atom. The molecule has 2 aliphatic rings. The van der Waals surface area contributed by atoms with Gasteiger partial charge in [0.25, 0.3) is 0 Å². The van der Waals surface area contributed by atoms with Crippen LogP contribution in [-0.2, 0) is 9.47 Å². The molecule has 37 heavy (non-hydrogen) atoms. The SMILES string of the molecule is CNC[C@@H](CC1(C)CCCCC1)NC(=O)N1CCC[C@@H]([C@@H](OCCNC(=O)OC)c2cccc(F)c2)C1. The van der Waals surface area contributed by atoms with Gasteiger partial charge in [-0.1, -0.05) is 38.3 Å². The van der Waals surface area contributed by atoms with Gasteiger partial charge in [0.1, 0.15) is 5.82 Å². The van der Waals surface area contributed by atoms with E-state index in [1.165, 1.54) is 51.3 Å². The molecule has 3 N–H and O–H groups in total. The van der Waals surface area contributed by atoms with Crippen molar-refractivity contribution in [3.63, 3.8) is 0 Å². The highest BCUT2D eigenvalue weighted by molar-refractivity contribution is 5.74. The highest BCUT2D eigenvalue weighted by atomic mass is 19.1. The van der Waals surface area contributed by atoms with Gasteiger partial charge in [0.05, 0.1) is 19.8 Å². The summed E-state index contributed by atoms with van der Waals surface area (Å²) in [6.07, 6.45) is 8.04. The Morgan fingerprint density at radius 3 is 2.70 bits per heavy atom. The van der Waals surface area contributed by atoms with Gasteiger partial charge in [-0.15, -0.1) is 0 Å². The lowest BCUT2D eigenvalue weighted by atomic mass is 9.72. The number of urea groups is 1. The number of nitrogens with zero attached hydrogens (tertiary/aromatic N) is 1. The lowest BCUT2D eigenvalue weighted by Crippen LogP contribution is -2.52. The predicted octanol–water partition coefficient (Wildman–Crippen LogP) is 4.61. The summed E-state index contributed by atoms with van der Waals surface area (Å²) in [6, 6.07) is 6.46. The standard InChI is InChI=1S/C28H45FN4O4/c1-28(12-5-4-6-13-28)18-24(19-30-2)32-26(34)33-15-8-10-22(20-33)25(21-9-7-11-23(29)17-21)37-16-14-31-27(35)36-3/h7,9,11,17,22,24-25,30H,4-6,8,10,12-16,18-20H2,1-3H3,(H,31,35)(H,32,34)/t22-,24-,25+/m1/s1. The first-order valence-corrected chi connectivity index (χ1v) is 13.7. The molecule has 0 bridgehead atoms. The maximum absolute atomic E-state index is 14.1. The van der Waals surface area contributed by atoms with Crippen molar-refractivity contribution in [2.24, 2.45) is 11.3 Å². The molecule has 3 atom stereocenters. The maximum Gasteiger partial charge on any atom is 0.406 e. The quantitative estimate of drug-likeness (QED) is 0.371. The van der Waals surface area contributed by atoms with Crippen molar-refractivity contribution in [3.8, 4) is 0 Å². The fourth-order valence-corrected chi connectivity index (χ4v) is 5.93. The van der Waals surface area contributed by atoms with Crippen molar-refractivity contribution < 1.29 is 23.5 Å². The van der Waals surface area contributed by atoms with E-state index in [4.69, 9.17) is 4.74 Å². The second-order valence-corrected chi connectivity index (χ2v) is 10.9. The van der Waals surface area contributed by atoms with E-state index in [2.05, 4.69) is 27.6 Å². The zero-order chi connectivity index (χ0) is 26.7. The number of carbonyl (C=O) groups is 2. The fourth-order valence-electron chi connectivity index (χ4n) is 5.93. The van der Waals surface area contributed by atoms with E-state index in [0.717, 1.165) is 31.4 Å². The number of nitrogens with one attached hydrogen (secondary N) is 3. The number of rotatable bonds is 11. The summed E-state index contributed by atoms with van der Waals surface area (Å²) in [5.74, 6) is -0.312. The van der Waals surface area contributed by atoms with Crippen LogP contribution in [0.25, 0.3) is 0 Å². The number of piperidine rings is 1. The molecule has 1 aromatic rings. The van der Waals surface area contributed by atoms with Crippen molar-refractivity contribution in [1.29, 1.82) is 0 Å². The molecule has 0 aromatic heterocycles. The summed E-state index contributed by atoms with van der Waals surface area (Å²) in [4.78, 5) is 26.6. The summed E-state index contributed by atoms with van der Waals surface area (Å²) in [5, 5.41) is 9.16. The number of halogens is 1. The van der Waals surface area contributed by atoms with E-state index in [0.29, 0.717) is 13.1 Å². The van der Waals surface area contributed by atoms with Crippen LogP contribution in [0, 0.1) is 17.2 Å². The smallest absolute Gasteiger partial charge is 0.406 e. The molecule has 0 radical (unpaired) electrons. The minimum Gasteiger partial charge on any atom is -0.453 e. The van der Waals surface area contributed by atoms with Gasteiger partial charge >= 0.3 is 12.1 Å². The fraction of sp³-hybridized carbons (Fsp3) is 0.714. The average molecular weight is 521 g/mol. The van der Waals surface area contributed by atoms with Gasteiger partial charge in [0, 0.05) is 38.1 Å². The molecule has 9 heteroatoms. The largest absolute Gasteiger partial charge is 0.453 e. The molecule has 0 unspecified atom stereocenters. The van der Waals surface area contributed by atoms with E-state index in [-0.39, 0.29) is 48.5 Å². The number of carbonyl (C=O) groups excluding carboxylic acids is 2. The highest BCUT2D eigenvalue weighted by Gasteiger charge is 2.34. The number of methoxy groups -OCH3 is 1. The van der Waals surface area contributed by atoms with Crippen LogP contribution in [-0.4, -0.2) is 70.0 Å². The third-order valence-corrected chi connectivity index (χ3v) is 7.78. The van der Waals surface area contributed by atoms with Gasteiger partial charge in [-0.25, -0.2) is 14.0 Å². The van der Waals surface area contributed by atoms with Crippen molar-refractivity contribution in [3.05, 3.63) is 35.6 Å². The number of benzene rings is 1. The van der Waals surface area contributed by atoms with E-state index < -0.39 is 6.09 Å². The van der Waals surface area contributed by atoms with Crippen LogP contribution in [0.15, 0.2) is 24.3 Å². The lowest BCUT2D eigenvalue weighted by molar-refractivity contribution is -0.00885. The minimum absolute atomic E-state index is 0.0121. The average Bonchev–Trinajstić information content (AvgIpc) is 2.89. The van der Waals surface area contributed by atoms with Crippen molar-refractivity contribution in [1.82, 2.24) is 20.9 Å². The van der Waals surface area contributed by atoms with Gasteiger partial charge in [0.2, 0.25) is 0 Å². The summed E-state index contributed by atoms with van der Waals surface area (Å²) in [7, 11) is 3.24. The van der Waals surface area contributed by atoms with Gasteiger partial charge in [-0.05, 0) is 62.3 Å². The van der Waals surface area contributed by atoms with Crippen molar-refractivity contribution >= 4 is 12.1 Å². The summed E-state index contributed by atoms with van der Waals surface area (Å²) in [6.45, 7) is 4.84. The summed E-state index contributed by atoms with van der Waals surface area (Å²) < 4.78 is 24.8. The summed E-state index contributed by atoms with van der Waals surface area (Å²) >= 11 is 0. The van der Waals surface area contributed by atoms with Gasteiger partial charge in [-0.3, -0.25) is 0 Å². The molecule has 8 nitrogen and oxygen atoms in total. The second kappa shape index (κ2) is 14.5. The second-order valence-electron chi connectivity index (χ2n) is 10.9. The first kappa shape index (κ1) is 29.2. The normalized spacial score (nSPS) is 21.1. The number of amides is 3. The molecule has 208 valence electrons. The first-order chi connectivity index (χ1) is 17.8. The molecule has 1 saturated heterocycles. The Morgan fingerprint density at radius 1 is 1.22 bits per heavy atom. The predicted molar refractivity (Wildman–Crippen MR) is 142 cm³/mol. The first-order valence-electron chi connectivity index (χ1n) is 13.7. The molecule has 3 rings (SSSR count). The molecule has 0 spiro atoms. The van der Waals surface area contributed by atoms with Crippen LogP contribution >= 0.6 is 0 Å². The van der Waals surface area contributed by atoms with Crippen LogP contribution in [0.2, 0.25) is 0 Å². The van der Waals surface area contributed by atoms with E-state index >= 15 is 0 Å². The number of hydrogen-bond acceptors (Lipinski definition) is 5. The van der Waals surface area contributed by atoms with Crippen LogP contribution in [0.1, 0.15) is 70.0 Å². The minimum atomic E-state index is -0.523. The Labute approximate surface area is 221 Å². The maximum atomic E-state index is 14.1. The Balaban J connectivity index is 1.64. The van der Waals surface area contributed by atoms with E-state index in [1.807, 2.05) is 18.0 Å². The third kappa shape index (κ3) is 9.14. The van der Waals surface area contributed by atoms with Crippen LogP contribution in [0.3, 0.4) is 0 Å². The molecular formula is C28H45FN4O4. The van der Waals surface area contributed by atoms with E-state index in [9.17, 15) is 14.0 Å². The van der Waals surface area contributed by atoms with Crippen molar-refractivity contribution in [2.45, 2.75) is 70.4 Å². The van der Waals surface area contributed by atoms with E-state index in [1.54, 1.807) is 6.07 Å². The molecular weight excluding hydrogens is 475 g/mol. The Bertz CT molecular complexity index is 864. The molecule has 1 aromatic carbocycles. The van der Waals surface area contributed by atoms with Crippen molar-refractivity contribution in [2.75, 3.05) is 46.9 Å². The number of likely N-dealkylation sites (tertiary alicyclic amines) is 1. The molecule has 3 amide bonds.